The van der Waals surface area contributed by atoms with Crippen molar-refractivity contribution in [3.8, 4) is 0 Å². The molecule has 6 nitrogen and oxygen atoms in total. The topological polar surface area (TPSA) is 76.9 Å². The van der Waals surface area contributed by atoms with E-state index in [0.717, 1.165) is 5.82 Å². The Kier molecular flexibility index (Phi) is 2.71. The number of sulfone groups is 1. The average molecular weight is 270 g/mol. The van der Waals surface area contributed by atoms with Crippen molar-refractivity contribution < 1.29 is 8.42 Å². The zero-order valence-corrected chi connectivity index (χ0v) is 11.3. The van der Waals surface area contributed by atoms with Crippen LogP contribution in [0.3, 0.4) is 0 Å². The molecule has 3 rings (SSSR count). The van der Waals surface area contributed by atoms with E-state index in [2.05, 4.69) is 15.4 Å². The van der Waals surface area contributed by atoms with Gasteiger partial charge in [-0.25, -0.2) is 18.1 Å². The average Bonchev–Trinajstić information content (AvgIpc) is 2.91. The Labute approximate surface area is 107 Å². The molecule has 2 aliphatic rings. The Morgan fingerprint density at radius 2 is 2.33 bits per heavy atom. The molecule has 1 aromatic heterocycles. The maximum Gasteiger partial charge on any atom is 0.152 e. The molecule has 0 radical (unpaired) electrons. The normalized spacial score (nSPS) is 30.7. The van der Waals surface area contributed by atoms with Gasteiger partial charge >= 0.3 is 0 Å². The Morgan fingerprint density at radius 3 is 2.94 bits per heavy atom. The maximum absolute atomic E-state index is 11.7. The number of aromatic nitrogens is 3. The lowest BCUT2D eigenvalue weighted by atomic mass is 10.0. The minimum absolute atomic E-state index is 0.166. The van der Waals surface area contributed by atoms with Crippen LogP contribution < -0.4 is 5.32 Å². The van der Waals surface area contributed by atoms with Crippen LogP contribution in [0.1, 0.15) is 32.0 Å². The van der Waals surface area contributed by atoms with E-state index in [1.165, 1.54) is 19.2 Å². The lowest BCUT2D eigenvalue weighted by molar-refractivity contribution is 0.313. The number of nitrogens with one attached hydrogen (secondary N) is 1. The van der Waals surface area contributed by atoms with Gasteiger partial charge < -0.3 is 5.32 Å². The van der Waals surface area contributed by atoms with E-state index in [-0.39, 0.29) is 11.5 Å². The van der Waals surface area contributed by atoms with E-state index in [1.54, 1.807) is 4.68 Å². The van der Waals surface area contributed by atoms with Crippen molar-refractivity contribution in [3.63, 3.8) is 0 Å². The van der Waals surface area contributed by atoms with Gasteiger partial charge in [0, 0.05) is 6.04 Å². The van der Waals surface area contributed by atoms with Crippen molar-refractivity contribution in [2.24, 2.45) is 0 Å². The molecule has 1 atom stereocenters. The van der Waals surface area contributed by atoms with Crippen LogP contribution in [0.2, 0.25) is 0 Å². The smallest absolute Gasteiger partial charge is 0.152 e. The van der Waals surface area contributed by atoms with E-state index in [0.29, 0.717) is 19.0 Å². The third-order valence-electron chi connectivity index (χ3n) is 3.74. The van der Waals surface area contributed by atoms with Crippen LogP contribution in [0.4, 0.5) is 0 Å². The summed E-state index contributed by atoms with van der Waals surface area (Å²) in [6, 6.07) is 0.607. The largest absolute Gasteiger partial charge is 0.307 e. The van der Waals surface area contributed by atoms with E-state index in [1.807, 2.05) is 6.92 Å². The van der Waals surface area contributed by atoms with E-state index in [9.17, 15) is 8.42 Å². The first-order chi connectivity index (χ1) is 8.49. The third-order valence-corrected chi connectivity index (χ3v) is 5.63. The fourth-order valence-corrected chi connectivity index (χ4v) is 4.63. The Morgan fingerprint density at radius 1 is 1.56 bits per heavy atom. The summed E-state index contributed by atoms with van der Waals surface area (Å²) in [5.41, 5.74) is -0.435. The van der Waals surface area contributed by atoms with Crippen LogP contribution in [-0.2, 0) is 21.9 Å². The molecule has 0 amide bonds. The molecule has 0 aromatic carbocycles. The first-order valence-corrected chi connectivity index (χ1v) is 8.14. The molecule has 1 unspecified atom stereocenters. The highest BCUT2D eigenvalue weighted by Crippen LogP contribution is 2.30. The molecule has 2 heterocycles. The lowest BCUT2D eigenvalue weighted by Crippen LogP contribution is -2.35. The predicted octanol–water partition coefficient (Wildman–Crippen LogP) is 0.0638. The van der Waals surface area contributed by atoms with Gasteiger partial charge in [0.15, 0.2) is 9.84 Å². The Balaban J connectivity index is 1.80. The van der Waals surface area contributed by atoms with Gasteiger partial charge in [0.1, 0.15) is 12.2 Å². The Bertz CT molecular complexity index is 549. The van der Waals surface area contributed by atoms with Crippen molar-refractivity contribution >= 4 is 9.84 Å². The van der Waals surface area contributed by atoms with Gasteiger partial charge in [-0.1, -0.05) is 0 Å². The summed E-state index contributed by atoms with van der Waals surface area (Å²) in [7, 11) is -2.92. The molecule has 0 spiro atoms. The van der Waals surface area contributed by atoms with Gasteiger partial charge in [0.2, 0.25) is 0 Å². The van der Waals surface area contributed by atoms with Crippen molar-refractivity contribution in [3.05, 3.63) is 12.2 Å². The Hall–Kier alpha value is -0.950. The second-order valence-corrected chi connectivity index (χ2v) is 7.77. The monoisotopic (exact) mass is 270 g/mol. The van der Waals surface area contributed by atoms with E-state index in [4.69, 9.17) is 0 Å². The van der Waals surface area contributed by atoms with Crippen LogP contribution in [0.25, 0.3) is 0 Å². The van der Waals surface area contributed by atoms with Crippen LogP contribution in [0.15, 0.2) is 6.33 Å². The molecule has 1 saturated heterocycles. The SMILES string of the molecule is CC1(n2ncnc2CNC2CC2)CCS(=O)(=O)C1. The molecule has 18 heavy (non-hydrogen) atoms. The number of nitrogens with zero attached hydrogens (tertiary/aromatic N) is 3. The van der Waals surface area contributed by atoms with E-state index < -0.39 is 15.4 Å². The molecule has 7 heteroatoms. The summed E-state index contributed by atoms with van der Waals surface area (Å²) in [6.45, 7) is 2.62. The number of hydrogen-bond acceptors (Lipinski definition) is 5. The third kappa shape index (κ3) is 2.29. The summed E-state index contributed by atoms with van der Waals surface area (Å²) in [5, 5.41) is 7.62. The summed E-state index contributed by atoms with van der Waals surface area (Å²) in [4.78, 5) is 4.25. The zero-order valence-electron chi connectivity index (χ0n) is 10.5. The highest BCUT2D eigenvalue weighted by Gasteiger charge is 2.41. The quantitative estimate of drug-likeness (QED) is 0.837. The van der Waals surface area contributed by atoms with Crippen molar-refractivity contribution in [2.75, 3.05) is 11.5 Å². The molecule has 1 N–H and O–H groups in total. The highest BCUT2D eigenvalue weighted by molar-refractivity contribution is 7.91. The van der Waals surface area contributed by atoms with E-state index >= 15 is 0 Å². The van der Waals surface area contributed by atoms with Gasteiger partial charge in [-0.2, -0.15) is 5.10 Å². The maximum atomic E-state index is 11.7. The molecular weight excluding hydrogens is 252 g/mol. The standard InChI is InChI=1S/C11H18N4O2S/c1-11(4-5-18(16,17)7-11)15-10(13-8-14-15)6-12-9-2-3-9/h8-9,12H,2-7H2,1H3. The predicted molar refractivity (Wildman–Crippen MR) is 66.8 cm³/mol. The number of hydrogen-bond donors (Lipinski definition) is 1. The van der Waals surface area contributed by atoms with Gasteiger partial charge in [-0.15, -0.1) is 0 Å². The van der Waals surface area contributed by atoms with Gasteiger partial charge in [-0.05, 0) is 26.2 Å². The van der Waals surface area contributed by atoms with Crippen LogP contribution in [-0.4, -0.2) is 40.7 Å². The minimum Gasteiger partial charge on any atom is -0.307 e. The molecule has 2 fully saturated rings. The second-order valence-electron chi connectivity index (χ2n) is 5.58. The number of rotatable bonds is 4. The van der Waals surface area contributed by atoms with Crippen molar-refractivity contribution in [1.29, 1.82) is 0 Å². The first-order valence-electron chi connectivity index (χ1n) is 6.32. The molecule has 1 aliphatic heterocycles. The highest BCUT2D eigenvalue weighted by atomic mass is 32.2. The van der Waals surface area contributed by atoms with Crippen molar-refractivity contribution in [1.82, 2.24) is 20.1 Å². The van der Waals surface area contributed by atoms with Gasteiger partial charge in [0.25, 0.3) is 0 Å². The van der Waals surface area contributed by atoms with Crippen LogP contribution in [0.5, 0.6) is 0 Å². The fourth-order valence-electron chi connectivity index (χ4n) is 2.52. The van der Waals surface area contributed by atoms with Crippen LogP contribution >= 0.6 is 0 Å². The molecule has 1 aromatic rings. The van der Waals surface area contributed by atoms with Gasteiger partial charge in [-0.3, -0.25) is 0 Å². The molecule has 0 bridgehead atoms. The molecule has 1 aliphatic carbocycles. The zero-order chi connectivity index (χ0) is 12.8. The summed E-state index contributed by atoms with van der Waals surface area (Å²) < 4.78 is 25.1. The molecule has 1 saturated carbocycles. The minimum atomic E-state index is -2.92. The lowest BCUT2D eigenvalue weighted by Gasteiger charge is -2.24. The van der Waals surface area contributed by atoms with Crippen molar-refractivity contribution in [2.45, 2.75) is 44.3 Å². The first kappa shape index (κ1) is 12.1. The van der Waals surface area contributed by atoms with Gasteiger partial charge in [0.05, 0.1) is 23.6 Å². The molecular formula is C11H18N4O2S. The van der Waals surface area contributed by atoms with Crippen LogP contribution in [0, 0.1) is 0 Å². The summed E-state index contributed by atoms with van der Waals surface area (Å²) >= 11 is 0. The second kappa shape index (κ2) is 4.03. The summed E-state index contributed by atoms with van der Waals surface area (Å²) in [6.07, 6.45) is 4.58. The summed E-state index contributed by atoms with van der Waals surface area (Å²) in [5.74, 6) is 1.25. The molecule has 100 valence electrons. The fraction of sp³-hybridized carbons (Fsp3) is 0.818.